The lowest BCUT2D eigenvalue weighted by Crippen LogP contribution is -2.43. The maximum atomic E-state index is 11.6. The Morgan fingerprint density at radius 3 is 2.73 bits per heavy atom. The number of hydrogen-bond acceptors (Lipinski definition) is 3. The number of hydrogen-bond donors (Lipinski definition) is 2. The van der Waals surface area contributed by atoms with Crippen LogP contribution < -0.4 is 11.1 Å². The van der Waals surface area contributed by atoms with Gasteiger partial charge in [-0.25, -0.2) is 0 Å². The number of furan rings is 1. The predicted octanol–water partition coefficient (Wildman–Crippen LogP) is 1.26. The number of amides is 1. The number of nitrogens with one attached hydrogen (secondary N) is 1. The second-order valence-corrected chi connectivity index (χ2v) is 4.30. The van der Waals surface area contributed by atoms with Crippen LogP contribution in [-0.2, 0) is 4.79 Å². The molecular formula is C11H16N2O2. The molecule has 1 aliphatic rings. The molecule has 1 aromatic heterocycles. The third kappa shape index (κ3) is 2.04. The minimum Gasteiger partial charge on any atom is -0.464 e. The SMILES string of the molecule is Cc1ccc(C(C)NC(=O)C2(N)CC2)o1. The van der Waals surface area contributed by atoms with Crippen molar-refractivity contribution in [1.29, 1.82) is 0 Å². The summed E-state index contributed by atoms with van der Waals surface area (Å²) in [6, 6.07) is 3.64. The molecule has 1 aromatic rings. The van der Waals surface area contributed by atoms with Gasteiger partial charge in [-0.05, 0) is 38.8 Å². The summed E-state index contributed by atoms with van der Waals surface area (Å²) >= 11 is 0. The van der Waals surface area contributed by atoms with Gasteiger partial charge in [-0.3, -0.25) is 4.79 Å². The smallest absolute Gasteiger partial charge is 0.240 e. The van der Waals surface area contributed by atoms with Gasteiger partial charge in [0, 0.05) is 0 Å². The average Bonchev–Trinajstić information content (AvgIpc) is 2.77. The zero-order valence-corrected chi connectivity index (χ0v) is 9.04. The second-order valence-electron chi connectivity index (χ2n) is 4.30. The minimum atomic E-state index is -0.615. The number of nitrogens with two attached hydrogens (primary N) is 1. The van der Waals surface area contributed by atoms with Crippen molar-refractivity contribution >= 4 is 5.91 Å². The Labute approximate surface area is 88.8 Å². The van der Waals surface area contributed by atoms with Crippen molar-refractivity contribution < 1.29 is 9.21 Å². The molecule has 2 rings (SSSR count). The first-order valence-electron chi connectivity index (χ1n) is 5.17. The molecule has 3 N–H and O–H groups in total. The molecule has 0 aliphatic heterocycles. The molecule has 1 unspecified atom stereocenters. The average molecular weight is 208 g/mol. The summed E-state index contributed by atoms with van der Waals surface area (Å²) in [5.74, 6) is 1.54. The molecule has 1 amide bonds. The van der Waals surface area contributed by atoms with E-state index >= 15 is 0 Å². The lowest BCUT2D eigenvalue weighted by atomic mass is 10.2. The summed E-state index contributed by atoms with van der Waals surface area (Å²) in [5.41, 5.74) is 5.16. The first kappa shape index (κ1) is 10.2. The molecule has 1 saturated carbocycles. The van der Waals surface area contributed by atoms with Crippen molar-refractivity contribution in [2.24, 2.45) is 5.73 Å². The molecule has 4 heteroatoms. The van der Waals surface area contributed by atoms with Gasteiger partial charge in [-0.2, -0.15) is 0 Å². The molecule has 0 spiro atoms. The highest BCUT2D eigenvalue weighted by Gasteiger charge is 2.46. The summed E-state index contributed by atoms with van der Waals surface area (Å²) in [6.07, 6.45) is 1.56. The number of aryl methyl sites for hydroxylation is 1. The Balaban J connectivity index is 1.97. The lowest BCUT2D eigenvalue weighted by Gasteiger charge is -2.14. The van der Waals surface area contributed by atoms with Gasteiger partial charge in [0.15, 0.2) is 0 Å². The molecule has 1 aliphatic carbocycles. The first-order chi connectivity index (χ1) is 7.01. The Morgan fingerprint density at radius 1 is 1.60 bits per heavy atom. The molecule has 0 radical (unpaired) electrons. The third-order valence-electron chi connectivity index (χ3n) is 2.78. The van der Waals surface area contributed by atoms with Crippen LogP contribution in [0.3, 0.4) is 0 Å². The number of carbonyl (C=O) groups excluding carboxylic acids is 1. The minimum absolute atomic E-state index is 0.0796. The fraction of sp³-hybridized carbons (Fsp3) is 0.545. The fourth-order valence-electron chi connectivity index (χ4n) is 1.46. The van der Waals surface area contributed by atoms with Gasteiger partial charge in [-0.1, -0.05) is 0 Å². The predicted molar refractivity (Wildman–Crippen MR) is 56.2 cm³/mol. The standard InChI is InChI=1S/C11H16N2O2/c1-7-3-4-9(15-7)8(2)13-10(14)11(12)5-6-11/h3-4,8H,5-6,12H2,1-2H3,(H,13,14). The van der Waals surface area contributed by atoms with Crippen LogP contribution in [0.1, 0.15) is 37.3 Å². The van der Waals surface area contributed by atoms with Crippen LogP contribution in [0, 0.1) is 6.92 Å². The van der Waals surface area contributed by atoms with E-state index in [9.17, 15) is 4.79 Å². The van der Waals surface area contributed by atoms with Crippen LogP contribution in [-0.4, -0.2) is 11.4 Å². The van der Waals surface area contributed by atoms with Crippen LogP contribution in [0.5, 0.6) is 0 Å². The largest absolute Gasteiger partial charge is 0.464 e. The van der Waals surface area contributed by atoms with Crippen LogP contribution >= 0.6 is 0 Å². The number of rotatable bonds is 3. The van der Waals surface area contributed by atoms with Gasteiger partial charge in [-0.15, -0.1) is 0 Å². The maximum absolute atomic E-state index is 11.6. The highest BCUT2D eigenvalue weighted by molar-refractivity contribution is 5.89. The van der Waals surface area contributed by atoms with Crippen molar-refractivity contribution in [3.63, 3.8) is 0 Å². The van der Waals surface area contributed by atoms with E-state index in [2.05, 4.69) is 5.32 Å². The van der Waals surface area contributed by atoms with E-state index in [-0.39, 0.29) is 11.9 Å². The summed E-state index contributed by atoms with van der Waals surface area (Å²) in [5, 5.41) is 2.85. The van der Waals surface area contributed by atoms with Gasteiger partial charge >= 0.3 is 0 Å². The fourth-order valence-corrected chi connectivity index (χ4v) is 1.46. The summed E-state index contributed by atoms with van der Waals surface area (Å²) in [6.45, 7) is 3.77. The Bertz CT molecular complexity index is 380. The molecule has 1 heterocycles. The van der Waals surface area contributed by atoms with Crippen molar-refractivity contribution in [2.75, 3.05) is 0 Å². The Hall–Kier alpha value is -1.29. The van der Waals surface area contributed by atoms with E-state index in [1.807, 2.05) is 26.0 Å². The maximum Gasteiger partial charge on any atom is 0.240 e. The molecule has 1 fully saturated rings. The molecule has 15 heavy (non-hydrogen) atoms. The topological polar surface area (TPSA) is 68.3 Å². The summed E-state index contributed by atoms with van der Waals surface area (Å²) in [7, 11) is 0. The first-order valence-corrected chi connectivity index (χ1v) is 5.17. The van der Waals surface area contributed by atoms with E-state index in [1.165, 1.54) is 0 Å². The Kier molecular flexibility index (Phi) is 2.31. The van der Waals surface area contributed by atoms with Crippen LogP contribution in [0.2, 0.25) is 0 Å². The van der Waals surface area contributed by atoms with Crippen molar-refractivity contribution in [3.8, 4) is 0 Å². The lowest BCUT2D eigenvalue weighted by molar-refractivity contribution is -0.124. The van der Waals surface area contributed by atoms with Gasteiger partial charge < -0.3 is 15.5 Å². The van der Waals surface area contributed by atoms with E-state index in [0.29, 0.717) is 0 Å². The summed E-state index contributed by atoms with van der Waals surface area (Å²) in [4.78, 5) is 11.6. The zero-order chi connectivity index (χ0) is 11.1. The van der Waals surface area contributed by atoms with Gasteiger partial charge in [0.25, 0.3) is 0 Å². The second kappa shape index (κ2) is 3.38. The molecule has 0 saturated heterocycles. The van der Waals surface area contributed by atoms with E-state index in [0.717, 1.165) is 24.4 Å². The molecule has 0 bridgehead atoms. The molecule has 1 atom stereocenters. The molecule has 82 valence electrons. The van der Waals surface area contributed by atoms with Gasteiger partial charge in [0.05, 0.1) is 11.6 Å². The molecular weight excluding hydrogens is 192 g/mol. The van der Waals surface area contributed by atoms with Crippen LogP contribution in [0.15, 0.2) is 16.5 Å². The van der Waals surface area contributed by atoms with E-state index < -0.39 is 5.54 Å². The monoisotopic (exact) mass is 208 g/mol. The van der Waals surface area contributed by atoms with Crippen LogP contribution in [0.4, 0.5) is 0 Å². The van der Waals surface area contributed by atoms with Crippen LogP contribution in [0.25, 0.3) is 0 Å². The third-order valence-corrected chi connectivity index (χ3v) is 2.78. The van der Waals surface area contributed by atoms with E-state index in [4.69, 9.17) is 10.2 Å². The number of carbonyl (C=O) groups is 1. The zero-order valence-electron chi connectivity index (χ0n) is 9.04. The highest BCUT2D eigenvalue weighted by atomic mass is 16.3. The highest BCUT2D eigenvalue weighted by Crippen LogP contribution is 2.33. The van der Waals surface area contributed by atoms with Crippen molar-refractivity contribution in [1.82, 2.24) is 5.32 Å². The van der Waals surface area contributed by atoms with E-state index in [1.54, 1.807) is 0 Å². The molecule has 4 nitrogen and oxygen atoms in total. The van der Waals surface area contributed by atoms with Gasteiger partial charge in [0.1, 0.15) is 11.5 Å². The van der Waals surface area contributed by atoms with Crippen molar-refractivity contribution in [3.05, 3.63) is 23.7 Å². The normalized spacial score (nSPS) is 19.7. The van der Waals surface area contributed by atoms with Crippen molar-refractivity contribution in [2.45, 2.75) is 38.3 Å². The van der Waals surface area contributed by atoms with Gasteiger partial charge in [0.2, 0.25) is 5.91 Å². The summed E-state index contributed by atoms with van der Waals surface area (Å²) < 4.78 is 5.42. The quantitative estimate of drug-likeness (QED) is 0.785. The Morgan fingerprint density at radius 2 is 2.27 bits per heavy atom. The molecule has 0 aromatic carbocycles.